The van der Waals surface area contributed by atoms with Crippen LogP contribution in [-0.2, 0) is 11.3 Å². The van der Waals surface area contributed by atoms with Crippen LogP contribution in [0.5, 0.6) is 0 Å². The number of hydrogen-bond acceptors (Lipinski definition) is 4. The summed E-state index contributed by atoms with van der Waals surface area (Å²) in [5.74, 6) is 0.989. The minimum Gasteiger partial charge on any atom is -0.377 e. The van der Waals surface area contributed by atoms with Crippen LogP contribution >= 0.6 is 0 Å². The summed E-state index contributed by atoms with van der Waals surface area (Å²) in [5.41, 5.74) is 1.14. The van der Waals surface area contributed by atoms with E-state index in [1.807, 2.05) is 6.07 Å². The Morgan fingerprint density at radius 3 is 3.10 bits per heavy atom. The quantitative estimate of drug-likeness (QED) is 0.831. The highest BCUT2D eigenvalue weighted by Gasteiger charge is 2.20. The zero-order valence-electron chi connectivity index (χ0n) is 12.8. The van der Waals surface area contributed by atoms with E-state index in [1.54, 1.807) is 0 Å². The number of likely N-dealkylation sites (tertiary alicyclic amines) is 1. The summed E-state index contributed by atoms with van der Waals surface area (Å²) >= 11 is 0. The molecule has 0 aromatic carbocycles. The van der Waals surface area contributed by atoms with E-state index in [0.717, 1.165) is 50.7 Å². The fourth-order valence-corrected chi connectivity index (χ4v) is 2.68. The average Bonchev–Trinajstić information content (AvgIpc) is 2.46. The molecule has 1 saturated heterocycles. The predicted octanol–water partition coefficient (Wildman–Crippen LogP) is 2.90. The smallest absolute Gasteiger partial charge is 0.126 e. The Morgan fingerprint density at radius 1 is 1.40 bits per heavy atom. The van der Waals surface area contributed by atoms with Crippen molar-refractivity contribution in [3.8, 4) is 0 Å². The topological polar surface area (TPSA) is 37.4 Å². The van der Waals surface area contributed by atoms with Gasteiger partial charge in [0.1, 0.15) is 5.82 Å². The minimum atomic E-state index is 0.398. The molecule has 1 aliphatic heterocycles. The number of anilines is 1. The number of hydrogen-bond donors (Lipinski definition) is 1. The Labute approximate surface area is 122 Å². The third-order valence-electron chi connectivity index (χ3n) is 3.61. The van der Waals surface area contributed by atoms with Crippen LogP contribution in [-0.4, -0.2) is 42.2 Å². The first-order valence-corrected chi connectivity index (χ1v) is 7.85. The molecule has 1 atom stereocenters. The first-order chi connectivity index (χ1) is 9.81. The Bertz CT molecular complexity index is 395. The molecule has 0 amide bonds. The van der Waals surface area contributed by atoms with Crippen molar-refractivity contribution < 1.29 is 4.74 Å². The average molecular weight is 277 g/mol. The van der Waals surface area contributed by atoms with Crippen molar-refractivity contribution in [3.05, 3.63) is 23.9 Å². The summed E-state index contributed by atoms with van der Waals surface area (Å²) in [7, 11) is 0. The molecule has 0 saturated carbocycles. The Morgan fingerprint density at radius 2 is 2.30 bits per heavy atom. The standard InChI is InChI=1S/C16H27N3O/c1-3-10-17-16-9-5-7-14(18-16)12-19-11-6-8-15(13-19)20-4-2/h5,7,9,15H,3-4,6,8,10-13H2,1-2H3,(H,17,18). The van der Waals surface area contributed by atoms with E-state index >= 15 is 0 Å². The van der Waals surface area contributed by atoms with Crippen molar-refractivity contribution in [1.82, 2.24) is 9.88 Å². The van der Waals surface area contributed by atoms with Gasteiger partial charge < -0.3 is 10.1 Å². The maximum absolute atomic E-state index is 5.75. The van der Waals surface area contributed by atoms with E-state index in [2.05, 4.69) is 41.2 Å². The lowest BCUT2D eigenvalue weighted by atomic mass is 10.1. The molecule has 20 heavy (non-hydrogen) atoms. The van der Waals surface area contributed by atoms with Crippen LogP contribution in [0.4, 0.5) is 5.82 Å². The van der Waals surface area contributed by atoms with E-state index in [4.69, 9.17) is 4.74 Å². The lowest BCUT2D eigenvalue weighted by molar-refractivity contribution is 0.00333. The van der Waals surface area contributed by atoms with Gasteiger partial charge in [-0.05, 0) is 44.9 Å². The molecule has 1 aromatic heterocycles. The molecular formula is C16H27N3O. The summed E-state index contributed by atoms with van der Waals surface area (Å²) in [6, 6.07) is 6.24. The minimum absolute atomic E-state index is 0.398. The van der Waals surface area contributed by atoms with Gasteiger partial charge in [0.2, 0.25) is 0 Å². The number of rotatable bonds is 7. The van der Waals surface area contributed by atoms with Gasteiger partial charge in [-0.1, -0.05) is 13.0 Å². The van der Waals surface area contributed by atoms with Crippen LogP contribution in [0.3, 0.4) is 0 Å². The molecule has 1 N–H and O–H groups in total. The van der Waals surface area contributed by atoms with Crippen molar-refractivity contribution in [1.29, 1.82) is 0 Å². The van der Waals surface area contributed by atoms with Crippen molar-refractivity contribution in [2.45, 2.75) is 45.8 Å². The summed E-state index contributed by atoms with van der Waals surface area (Å²) in [4.78, 5) is 7.14. The molecule has 1 fully saturated rings. The molecule has 2 heterocycles. The SMILES string of the molecule is CCCNc1cccc(CN2CCCC(OCC)C2)n1. The van der Waals surface area contributed by atoms with Gasteiger partial charge in [0.05, 0.1) is 11.8 Å². The third-order valence-corrected chi connectivity index (χ3v) is 3.61. The number of nitrogens with one attached hydrogen (secondary N) is 1. The highest BCUT2D eigenvalue weighted by molar-refractivity contribution is 5.35. The van der Waals surface area contributed by atoms with Gasteiger partial charge in [-0.2, -0.15) is 0 Å². The van der Waals surface area contributed by atoms with Crippen LogP contribution in [0.25, 0.3) is 0 Å². The number of aromatic nitrogens is 1. The Kier molecular flexibility index (Phi) is 6.27. The van der Waals surface area contributed by atoms with E-state index in [1.165, 1.54) is 12.8 Å². The lowest BCUT2D eigenvalue weighted by Gasteiger charge is -2.32. The van der Waals surface area contributed by atoms with Crippen molar-refractivity contribution >= 4 is 5.82 Å². The van der Waals surface area contributed by atoms with E-state index < -0.39 is 0 Å². The van der Waals surface area contributed by atoms with Gasteiger partial charge in [-0.15, -0.1) is 0 Å². The first-order valence-electron chi connectivity index (χ1n) is 7.85. The second-order valence-electron chi connectivity index (χ2n) is 5.40. The number of nitrogens with zero attached hydrogens (tertiary/aromatic N) is 2. The van der Waals surface area contributed by atoms with E-state index in [9.17, 15) is 0 Å². The number of piperidine rings is 1. The molecule has 1 aromatic rings. The van der Waals surface area contributed by atoms with Crippen LogP contribution in [0.1, 0.15) is 38.8 Å². The van der Waals surface area contributed by atoms with Crippen molar-refractivity contribution in [2.24, 2.45) is 0 Å². The highest BCUT2D eigenvalue weighted by Crippen LogP contribution is 2.16. The molecular weight excluding hydrogens is 250 g/mol. The summed E-state index contributed by atoms with van der Waals surface area (Å²) in [6.07, 6.45) is 3.93. The first kappa shape index (κ1) is 15.3. The maximum atomic E-state index is 5.75. The van der Waals surface area contributed by atoms with Gasteiger partial charge in [0.15, 0.2) is 0 Å². The van der Waals surface area contributed by atoms with Crippen molar-refractivity contribution in [2.75, 3.05) is 31.6 Å². The number of ether oxygens (including phenoxy) is 1. The Balaban J connectivity index is 1.88. The zero-order chi connectivity index (χ0) is 14.2. The van der Waals surface area contributed by atoms with Gasteiger partial charge in [0, 0.05) is 26.2 Å². The van der Waals surface area contributed by atoms with E-state index in [0.29, 0.717) is 6.10 Å². The van der Waals surface area contributed by atoms with Crippen LogP contribution < -0.4 is 5.32 Å². The molecule has 4 heteroatoms. The zero-order valence-corrected chi connectivity index (χ0v) is 12.8. The summed E-state index contributed by atoms with van der Waals surface area (Å²) < 4.78 is 5.75. The van der Waals surface area contributed by atoms with Crippen LogP contribution in [0.2, 0.25) is 0 Å². The van der Waals surface area contributed by atoms with Gasteiger partial charge in [-0.3, -0.25) is 4.90 Å². The summed E-state index contributed by atoms with van der Waals surface area (Å²) in [5, 5.41) is 3.35. The fraction of sp³-hybridized carbons (Fsp3) is 0.688. The normalized spacial score (nSPS) is 20.0. The molecule has 0 radical (unpaired) electrons. The number of pyridine rings is 1. The maximum Gasteiger partial charge on any atom is 0.126 e. The Hall–Kier alpha value is -1.13. The molecule has 1 aliphatic rings. The van der Waals surface area contributed by atoms with Gasteiger partial charge in [0.25, 0.3) is 0 Å². The largest absolute Gasteiger partial charge is 0.377 e. The van der Waals surface area contributed by atoms with Crippen molar-refractivity contribution in [3.63, 3.8) is 0 Å². The van der Waals surface area contributed by atoms with Crippen LogP contribution in [0.15, 0.2) is 18.2 Å². The monoisotopic (exact) mass is 277 g/mol. The molecule has 112 valence electrons. The highest BCUT2D eigenvalue weighted by atomic mass is 16.5. The van der Waals surface area contributed by atoms with Crippen LogP contribution in [0, 0.1) is 0 Å². The molecule has 2 rings (SSSR count). The van der Waals surface area contributed by atoms with E-state index in [-0.39, 0.29) is 0 Å². The molecule has 1 unspecified atom stereocenters. The molecule has 0 spiro atoms. The predicted molar refractivity (Wildman–Crippen MR) is 82.9 cm³/mol. The second kappa shape index (κ2) is 8.22. The lowest BCUT2D eigenvalue weighted by Crippen LogP contribution is -2.39. The van der Waals surface area contributed by atoms with Gasteiger partial charge in [-0.25, -0.2) is 4.98 Å². The fourth-order valence-electron chi connectivity index (χ4n) is 2.68. The molecule has 0 aliphatic carbocycles. The third kappa shape index (κ3) is 4.76. The molecule has 0 bridgehead atoms. The second-order valence-corrected chi connectivity index (χ2v) is 5.40. The van der Waals surface area contributed by atoms with Gasteiger partial charge >= 0.3 is 0 Å². The summed E-state index contributed by atoms with van der Waals surface area (Å²) in [6.45, 7) is 9.13. The molecule has 4 nitrogen and oxygen atoms in total.